The minimum atomic E-state index is -1.17. The van der Waals surface area contributed by atoms with E-state index in [1.54, 1.807) is 12.3 Å². The first-order valence-corrected chi connectivity index (χ1v) is 7.46. The molecule has 8 nitrogen and oxygen atoms in total. The van der Waals surface area contributed by atoms with Gasteiger partial charge in [0, 0.05) is 12.6 Å². The number of nitrogens with one attached hydrogen (secondary N) is 2. The summed E-state index contributed by atoms with van der Waals surface area (Å²) in [4.78, 5) is 37.9. The van der Waals surface area contributed by atoms with Crippen molar-refractivity contribution in [3.63, 3.8) is 0 Å². The summed E-state index contributed by atoms with van der Waals surface area (Å²) in [6, 6.07) is 2.31. The maximum absolute atomic E-state index is 11.8. The van der Waals surface area contributed by atoms with E-state index in [4.69, 9.17) is 10.8 Å². The van der Waals surface area contributed by atoms with Crippen molar-refractivity contribution in [3.8, 4) is 0 Å². The van der Waals surface area contributed by atoms with Crippen molar-refractivity contribution in [1.82, 2.24) is 15.8 Å². The molecule has 0 radical (unpaired) electrons. The number of hydrogen-bond donors (Lipinski definition) is 4. The van der Waals surface area contributed by atoms with Gasteiger partial charge in [-0.2, -0.15) is 0 Å². The van der Waals surface area contributed by atoms with E-state index in [2.05, 4.69) is 22.8 Å². The van der Waals surface area contributed by atoms with Gasteiger partial charge in [-0.1, -0.05) is 19.4 Å². The molecule has 0 saturated carbocycles. The number of carboxylic acids is 1. The van der Waals surface area contributed by atoms with Crippen LogP contribution in [0, 0.1) is 0 Å². The smallest absolute Gasteiger partial charge is 0.320 e. The summed E-state index contributed by atoms with van der Waals surface area (Å²) in [5.74, 6) is -2.23. The number of carboxylic acid groups (broad SMARTS) is 1. The number of rotatable bonds is 8. The van der Waals surface area contributed by atoms with Crippen molar-refractivity contribution in [3.05, 3.63) is 29.6 Å². The Morgan fingerprint density at radius 2 is 2.04 bits per heavy atom. The molecule has 0 spiro atoms. The molecule has 0 aromatic carbocycles. The molecule has 1 unspecified atom stereocenters. The molecule has 0 saturated heterocycles. The van der Waals surface area contributed by atoms with Crippen LogP contribution in [0.5, 0.6) is 0 Å². The molecule has 0 bridgehead atoms. The van der Waals surface area contributed by atoms with E-state index in [0.717, 1.165) is 24.8 Å². The third-order valence-corrected chi connectivity index (χ3v) is 3.19. The first-order chi connectivity index (χ1) is 10.9. The fourth-order valence-electron chi connectivity index (χ4n) is 1.75. The summed E-state index contributed by atoms with van der Waals surface area (Å²) in [6.07, 6.45) is 4.57. The predicted molar refractivity (Wildman–Crippen MR) is 83.3 cm³/mol. The lowest BCUT2D eigenvalue weighted by molar-refractivity contribution is -0.138. The van der Waals surface area contributed by atoms with E-state index in [1.807, 2.05) is 6.07 Å². The molecule has 23 heavy (non-hydrogen) atoms. The largest absolute Gasteiger partial charge is 0.480 e. The molecule has 0 aliphatic heterocycles. The second-order valence-corrected chi connectivity index (χ2v) is 5.14. The first kappa shape index (κ1) is 18.6. The second kappa shape index (κ2) is 9.52. The quantitative estimate of drug-likeness (QED) is 0.511. The van der Waals surface area contributed by atoms with Gasteiger partial charge in [0.1, 0.15) is 11.7 Å². The SMILES string of the molecule is CCCCc1ccc(C(=O)NNC(=O)CCC(N)C(=O)O)nc1. The van der Waals surface area contributed by atoms with E-state index < -0.39 is 23.8 Å². The van der Waals surface area contributed by atoms with Crippen molar-refractivity contribution < 1.29 is 19.5 Å². The molecule has 2 amide bonds. The topological polar surface area (TPSA) is 134 Å². The Labute approximate surface area is 134 Å². The van der Waals surface area contributed by atoms with Gasteiger partial charge in [-0.3, -0.25) is 30.2 Å². The molecule has 1 aromatic heterocycles. The average molecular weight is 322 g/mol. The molecule has 5 N–H and O–H groups in total. The Morgan fingerprint density at radius 1 is 1.30 bits per heavy atom. The summed E-state index contributed by atoms with van der Waals surface area (Å²) < 4.78 is 0. The van der Waals surface area contributed by atoms with Crippen molar-refractivity contribution in [2.75, 3.05) is 0 Å². The number of nitrogens with zero attached hydrogens (tertiary/aromatic N) is 1. The molecule has 126 valence electrons. The van der Waals surface area contributed by atoms with Crippen LogP contribution in [-0.2, 0) is 16.0 Å². The van der Waals surface area contributed by atoms with Crippen LogP contribution in [0.2, 0.25) is 0 Å². The van der Waals surface area contributed by atoms with Gasteiger partial charge in [0.2, 0.25) is 5.91 Å². The molecular weight excluding hydrogens is 300 g/mol. The first-order valence-electron chi connectivity index (χ1n) is 7.46. The van der Waals surface area contributed by atoms with Gasteiger partial charge < -0.3 is 10.8 Å². The van der Waals surface area contributed by atoms with Crippen molar-refractivity contribution in [2.24, 2.45) is 5.73 Å². The normalized spacial score (nSPS) is 11.6. The summed E-state index contributed by atoms with van der Waals surface area (Å²) in [5, 5.41) is 8.60. The zero-order chi connectivity index (χ0) is 17.2. The highest BCUT2D eigenvalue weighted by Gasteiger charge is 2.14. The van der Waals surface area contributed by atoms with Gasteiger partial charge >= 0.3 is 5.97 Å². The number of hydrogen-bond acceptors (Lipinski definition) is 5. The fraction of sp³-hybridized carbons (Fsp3) is 0.467. The zero-order valence-electron chi connectivity index (χ0n) is 13.0. The van der Waals surface area contributed by atoms with Crippen molar-refractivity contribution >= 4 is 17.8 Å². The number of unbranched alkanes of at least 4 members (excludes halogenated alkanes) is 1. The lowest BCUT2D eigenvalue weighted by Gasteiger charge is -2.09. The van der Waals surface area contributed by atoms with Gasteiger partial charge in [0.15, 0.2) is 0 Å². The Balaban J connectivity index is 2.38. The maximum atomic E-state index is 11.8. The highest BCUT2D eigenvalue weighted by atomic mass is 16.4. The number of aryl methyl sites for hydroxylation is 1. The Morgan fingerprint density at radius 3 is 2.61 bits per heavy atom. The monoisotopic (exact) mass is 322 g/mol. The highest BCUT2D eigenvalue weighted by molar-refractivity contribution is 5.93. The number of hydrazine groups is 1. The Kier molecular flexibility index (Phi) is 7.69. The van der Waals surface area contributed by atoms with E-state index in [-0.39, 0.29) is 18.5 Å². The van der Waals surface area contributed by atoms with Crippen LogP contribution in [0.3, 0.4) is 0 Å². The van der Waals surface area contributed by atoms with E-state index in [9.17, 15) is 14.4 Å². The molecule has 8 heteroatoms. The van der Waals surface area contributed by atoms with Gasteiger partial charge in [-0.15, -0.1) is 0 Å². The maximum Gasteiger partial charge on any atom is 0.320 e. The van der Waals surface area contributed by atoms with Crippen LogP contribution in [0.15, 0.2) is 18.3 Å². The van der Waals surface area contributed by atoms with E-state index >= 15 is 0 Å². The highest BCUT2D eigenvalue weighted by Crippen LogP contribution is 2.05. The number of carbonyl (C=O) groups is 3. The van der Waals surface area contributed by atoms with Crippen LogP contribution >= 0.6 is 0 Å². The molecule has 1 heterocycles. The van der Waals surface area contributed by atoms with Crippen molar-refractivity contribution in [2.45, 2.75) is 45.1 Å². The number of aromatic nitrogens is 1. The molecule has 0 fully saturated rings. The van der Waals surface area contributed by atoms with Gasteiger partial charge in [-0.25, -0.2) is 0 Å². The summed E-state index contributed by atoms with van der Waals surface area (Å²) in [7, 11) is 0. The van der Waals surface area contributed by atoms with E-state index in [0.29, 0.717) is 0 Å². The van der Waals surface area contributed by atoms with Gasteiger partial charge in [-0.05, 0) is 30.9 Å². The van der Waals surface area contributed by atoms with E-state index in [1.165, 1.54) is 0 Å². The molecule has 0 aliphatic carbocycles. The lowest BCUT2D eigenvalue weighted by Crippen LogP contribution is -2.42. The Hall–Kier alpha value is -2.48. The van der Waals surface area contributed by atoms with Crippen molar-refractivity contribution in [1.29, 1.82) is 0 Å². The Bertz CT molecular complexity index is 545. The zero-order valence-corrected chi connectivity index (χ0v) is 13.0. The third kappa shape index (κ3) is 6.88. The fourth-order valence-corrected chi connectivity index (χ4v) is 1.75. The predicted octanol–water partition coefficient (Wildman–Crippen LogP) is 0.377. The number of carbonyl (C=O) groups excluding carboxylic acids is 2. The standard InChI is InChI=1S/C15H22N4O4/c1-2-3-4-10-5-7-12(17-9-10)14(21)19-18-13(20)8-6-11(16)15(22)23/h5,7,9,11H,2-4,6,8,16H2,1H3,(H,18,20)(H,19,21)(H,22,23). The molecule has 1 atom stereocenters. The minimum absolute atomic E-state index is 0.0125. The van der Waals surface area contributed by atoms with Crippen LogP contribution in [0.1, 0.15) is 48.7 Å². The van der Waals surface area contributed by atoms with Crippen LogP contribution in [-0.4, -0.2) is 33.9 Å². The van der Waals surface area contributed by atoms with Crippen LogP contribution < -0.4 is 16.6 Å². The summed E-state index contributed by atoms with van der Waals surface area (Å²) in [6.45, 7) is 2.10. The molecule has 1 aromatic rings. The van der Waals surface area contributed by atoms with Gasteiger partial charge in [0.05, 0.1) is 0 Å². The summed E-state index contributed by atoms with van der Waals surface area (Å²) >= 11 is 0. The average Bonchev–Trinajstić information content (AvgIpc) is 2.55. The lowest BCUT2D eigenvalue weighted by atomic mass is 10.1. The molecule has 1 rings (SSSR count). The number of aliphatic carboxylic acids is 1. The van der Waals surface area contributed by atoms with Crippen LogP contribution in [0.4, 0.5) is 0 Å². The number of pyridine rings is 1. The molecule has 0 aliphatic rings. The number of nitrogens with two attached hydrogens (primary N) is 1. The molecular formula is C15H22N4O4. The summed E-state index contributed by atoms with van der Waals surface area (Å²) in [5.41, 5.74) is 10.9. The van der Waals surface area contributed by atoms with Gasteiger partial charge in [0.25, 0.3) is 5.91 Å². The van der Waals surface area contributed by atoms with Crippen LogP contribution in [0.25, 0.3) is 0 Å². The third-order valence-electron chi connectivity index (χ3n) is 3.19. The second-order valence-electron chi connectivity index (χ2n) is 5.14. The minimum Gasteiger partial charge on any atom is -0.480 e. The number of amides is 2.